The molecule has 156 valence electrons. The average Bonchev–Trinajstić information content (AvgIpc) is 3.21. The first kappa shape index (κ1) is 20.1. The lowest BCUT2D eigenvalue weighted by Gasteiger charge is -2.33. The number of hydrogen-bond donors (Lipinski definition) is 0. The summed E-state index contributed by atoms with van der Waals surface area (Å²) in [5.74, 6) is -3.73. The Morgan fingerprint density at radius 1 is 1.00 bits per heavy atom. The van der Waals surface area contributed by atoms with Gasteiger partial charge in [0.15, 0.2) is 34.3 Å². The van der Waals surface area contributed by atoms with E-state index in [1.165, 1.54) is 26.4 Å². The van der Waals surface area contributed by atoms with E-state index < -0.39 is 23.0 Å². The number of carbonyl (C=O) groups is 4. The van der Waals surface area contributed by atoms with E-state index in [0.29, 0.717) is 36.5 Å². The number of amides is 1. The molecule has 1 aromatic carbocycles. The largest absolute Gasteiger partial charge is 0.493 e. The van der Waals surface area contributed by atoms with Gasteiger partial charge in [-0.25, -0.2) is 0 Å². The number of ketones is 3. The third kappa shape index (κ3) is 2.81. The topological polar surface area (TPSA) is 111 Å². The van der Waals surface area contributed by atoms with Gasteiger partial charge in [-0.15, -0.1) is 5.11 Å². The Morgan fingerprint density at radius 3 is 2.23 bits per heavy atom. The summed E-state index contributed by atoms with van der Waals surface area (Å²) in [6.07, 6.45) is 3.09. The Hall–Kier alpha value is -3.16. The van der Waals surface area contributed by atoms with Crippen molar-refractivity contribution in [1.29, 1.82) is 0 Å². The highest BCUT2D eigenvalue weighted by Gasteiger charge is 2.58. The summed E-state index contributed by atoms with van der Waals surface area (Å²) in [6, 6.07) is 4.62. The molecule has 30 heavy (non-hydrogen) atoms. The monoisotopic (exact) mass is 410 g/mol. The lowest BCUT2D eigenvalue weighted by molar-refractivity contribution is -0.148. The standard InChI is InChI=1S/C22H22N2O6/c1-11-10-22(21(28)24-23-11,14-6-7-15(29-2)16(9-14)30-3)20(27)17-18(25)12-4-5-13(8-12)19(17)26/h6-7,9-10,12-13,17H,4-5,8H2,1-3H3. The molecule has 1 aliphatic heterocycles. The minimum Gasteiger partial charge on any atom is -0.493 e. The van der Waals surface area contributed by atoms with Gasteiger partial charge in [-0.05, 0) is 50.0 Å². The van der Waals surface area contributed by atoms with Gasteiger partial charge in [0, 0.05) is 11.8 Å². The van der Waals surface area contributed by atoms with Gasteiger partial charge in [0.25, 0.3) is 5.91 Å². The number of allylic oxidation sites excluding steroid dienone is 1. The summed E-state index contributed by atoms with van der Waals surface area (Å²) in [5, 5.41) is 7.44. The fraction of sp³-hybridized carbons (Fsp3) is 0.455. The van der Waals surface area contributed by atoms with Crippen LogP contribution in [0.15, 0.2) is 40.2 Å². The Kier molecular flexibility index (Phi) is 4.88. The van der Waals surface area contributed by atoms with Crippen LogP contribution in [0.1, 0.15) is 31.7 Å². The van der Waals surface area contributed by atoms with Gasteiger partial charge in [0.05, 0.1) is 19.9 Å². The second-order valence-corrected chi connectivity index (χ2v) is 7.98. The molecule has 3 unspecified atom stereocenters. The maximum absolute atomic E-state index is 13.8. The van der Waals surface area contributed by atoms with Crippen molar-refractivity contribution in [2.24, 2.45) is 28.0 Å². The maximum atomic E-state index is 13.8. The molecule has 4 rings (SSSR count). The van der Waals surface area contributed by atoms with E-state index in [1.807, 2.05) is 0 Å². The van der Waals surface area contributed by atoms with Crippen molar-refractivity contribution in [3.8, 4) is 11.5 Å². The van der Waals surface area contributed by atoms with Crippen LogP contribution in [0.4, 0.5) is 0 Å². The van der Waals surface area contributed by atoms with Crippen LogP contribution in [-0.2, 0) is 24.6 Å². The van der Waals surface area contributed by atoms with Crippen molar-refractivity contribution < 1.29 is 28.7 Å². The van der Waals surface area contributed by atoms with Crippen molar-refractivity contribution in [2.75, 3.05) is 14.2 Å². The van der Waals surface area contributed by atoms with Crippen molar-refractivity contribution >= 4 is 23.3 Å². The number of fused-ring (bicyclic) bond motifs is 2. The smallest absolute Gasteiger partial charge is 0.286 e. The number of benzene rings is 1. The molecule has 8 heteroatoms. The van der Waals surface area contributed by atoms with Crippen molar-refractivity contribution in [3.63, 3.8) is 0 Å². The lowest BCUT2D eigenvalue weighted by atomic mass is 9.65. The minimum atomic E-state index is -1.92. The summed E-state index contributed by atoms with van der Waals surface area (Å²) in [6.45, 7) is 1.60. The first-order valence-electron chi connectivity index (χ1n) is 9.83. The summed E-state index contributed by atoms with van der Waals surface area (Å²) >= 11 is 0. The zero-order chi connectivity index (χ0) is 21.6. The third-order valence-corrected chi connectivity index (χ3v) is 6.36. The minimum absolute atomic E-state index is 0.256. The van der Waals surface area contributed by atoms with Gasteiger partial charge in [0.1, 0.15) is 5.92 Å². The lowest BCUT2D eigenvalue weighted by Crippen LogP contribution is -2.52. The van der Waals surface area contributed by atoms with Gasteiger partial charge in [-0.3, -0.25) is 19.2 Å². The molecule has 2 aliphatic carbocycles. The van der Waals surface area contributed by atoms with E-state index >= 15 is 0 Å². The number of carbonyl (C=O) groups excluding carboxylic acids is 4. The SMILES string of the molecule is COc1ccc(C2(C(=O)C3C(=O)C4CCC(C4)C3=O)C=C(C)N=NC2=O)cc1OC. The highest BCUT2D eigenvalue weighted by atomic mass is 16.5. The van der Waals surface area contributed by atoms with Gasteiger partial charge >= 0.3 is 0 Å². The molecule has 0 radical (unpaired) electrons. The second-order valence-electron chi connectivity index (χ2n) is 7.98. The van der Waals surface area contributed by atoms with Crippen LogP contribution in [-0.4, -0.2) is 37.5 Å². The number of nitrogens with zero attached hydrogens (tertiary/aromatic N) is 2. The molecule has 2 saturated carbocycles. The van der Waals surface area contributed by atoms with Gasteiger partial charge in [-0.1, -0.05) is 6.07 Å². The molecule has 1 aromatic rings. The number of Topliss-reactive ketones (excluding diaryl/α,β-unsaturated/α-hetero) is 3. The zero-order valence-electron chi connectivity index (χ0n) is 17.0. The van der Waals surface area contributed by atoms with E-state index in [0.717, 1.165) is 0 Å². The van der Waals surface area contributed by atoms with E-state index in [1.54, 1.807) is 19.1 Å². The number of ether oxygens (including phenoxy) is 2. The van der Waals surface area contributed by atoms with Crippen molar-refractivity contribution in [2.45, 2.75) is 31.6 Å². The quantitative estimate of drug-likeness (QED) is 0.690. The Balaban J connectivity index is 1.89. The number of azo groups is 1. The molecule has 2 fully saturated rings. The summed E-state index contributed by atoms with van der Waals surface area (Å²) < 4.78 is 10.6. The first-order chi connectivity index (χ1) is 14.3. The van der Waals surface area contributed by atoms with Crippen LogP contribution in [0.25, 0.3) is 0 Å². The van der Waals surface area contributed by atoms with Crippen LogP contribution in [0.5, 0.6) is 11.5 Å². The Bertz CT molecular complexity index is 1000. The molecule has 1 amide bonds. The molecule has 0 N–H and O–H groups in total. The van der Waals surface area contributed by atoms with Crippen LogP contribution < -0.4 is 9.47 Å². The predicted octanol–water partition coefficient (Wildman–Crippen LogP) is 2.59. The molecule has 0 saturated heterocycles. The summed E-state index contributed by atoms with van der Waals surface area (Å²) in [7, 11) is 2.91. The van der Waals surface area contributed by atoms with Gasteiger partial charge < -0.3 is 9.47 Å². The second kappa shape index (κ2) is 7.27. The molecule has 1 heterocycles. The van der Waals surface area contributed by atoms with Gasteiger partial charge in [0.2, 0.25) is 0 Å². The zero-order valence-corrected chi connectivity index (χ0v) is 17.0. The average molecular weight is 410 g/mol. The molecule has 3 atom stereocenters. The molecule has 2 bridgehead atoms. The molecule has 8 nitrogen and oxygen atoms in total. The Morgan fingerprint density at radius 2 is 1.63 bits per heavy atom. The van der Waals surface area contributed by atoms with E-state index in [2.05, 4.69) is 10.2 Å². The van der Waals surface area contributed by atoms with E-state index in [4.69, 9.17) is 9.47 Å². The van der Waals surface area contributed by atoms with Crippen molar-refractivity contribution in [1.82, 2.24) is 0 Å². The number of hydrogen-bond acceptors (Lipinski definition) is 7. The fourth-order valence-electron chi connectivity index (χ4n) is 4.81. The highest BCUT2D eigenvalue weighted by Crippen LogP contribution is 2.45. The van der Waals surface area contributed by atoms with Crippen molar-refractivity contribution in [3.05, 3.63) is 35.5 Å². The van der Waals surface area contributed by atoms with Crippen LogP contribution in [0, 0.1) is 17.8 Å². The number of methoxy groups -OCH3 is 2. The van der Waals surface area contributed by atoms with E-state index in [9.17, 15) is 19.2 Å². The predicted molar refractivity (Wildman–Crippen MR) is 104 cm³/mol. The third-order valence-electron chi connectivity index (χ3n) is 6.36. The molecular formula is C22H22N2O6. The maximum Gasteiger partial charge on any atom is 0.286 e. The molecule has 3 aliphatic rings. The van der Waals surface area contributed by atoms with Crippen LogP contribution >= 0.6 is 0 Å². The highest BCUT2D eigenvalue weighted by molar-refractivity contribution is 6.30. The van der Waals surface area contributed by atoms with Crippen LogP contribution in [0.2, 0.25) is 0 Å². The number of rotatable bonds is 5. The summed E-state index contributed by atoms with van der Waals surface area (Å²) in [4.78, 5) is 52.9. The summed E-state index contributed by atoms with van der Waals surface area (Å²) in [5.41, 5.74) is -1.32. The molecule has 0 spiro atoms. The van der Waals surface area contributed by atoms with Crippen LogP contribution in [0.3, 0.4) is 0 Å². The Labute approximate surface area is 173 Å². The van der Waals surface area contributed by atoms with E-state index in [-0.39, 0.29) is 29.0 Å². The normalized spacial score (nSPS) is 30.3. The molecule has 0 aromatic heterocycles. The van der Waals surface area contributed by atoms with Gasteiger partial charge in [-0.2, -0.15) is 5.11 Å². The first-order valence-corrected chi connectivity index (χ1v) is 9.83. The molecular weight excluding hydrogens is 388 g/mol. The fourth-order valence-corrected chi connectivity index (χ4v) is 4.81.